The molecule has 43 heavy (non-hydrogen) atoms. The maximum atomic E-state index is 12.8. The molecule has 5 heterocycles. The van der Waals surface area contributed by atoms with E-state index < -0.39 is 0 Å². The van der Waals surface area contributed by atoms with Crippen LogP contribution >= 0.6 is 22.7 Å². The standard InChI is InChI=1S/C28H18N4O4S2.C4H8O/c33-23(19-13-7-15-35-19)31-25-21(17-9-3-1-4-10-17)29-27(37-25)28-30-22(18-11-5-2-6-12-18)26(38-28)32-24(34)20-14-8-16-36-20;1-2-4-5-3-1/h1-16H,(H,31,33)(H,32,34);1-4H2. The fourth-order valence-electron chi connectivity index (χ4n) is 4.23. The third kappa shape index (κ3) is 6.81. The van der Waals surface area contributed by atoms with Crippen molar-refractivity contribution in [2.45, 2.75) is 12.8 Å². The molecule has 0 spiro atoms. The minimum Gasteiger partial charge on any atom is -0.459 e. The molecule has 0 aliphatic carbocycles. The lowest BCUT2D eigenvalue weighted by molar-refractivity contribution is 0.0989. The molecule has 11 heteroatoms. The van der Waals surface area contributed by atoms with Gasteiger partial charge in [0.05, 0.1) is 12.5 Å². The first-order valence-electron chi connectivity index (χ1n) is 13.6. The minimum absolute atomic E-state index is 0.197. The van der Waals surface area contributed by atoms with Gasteiger partial charge in [-0.3, -0.25) is 9.59 Å². The van der Waals surface area contributed by atoms with E-state index in [2.05, 4.69) is 10.6 Å². The Balaban J connectivity index is 0.000000599. The second-order valence-corrected chi connectivity index (χ2v) is 11.3. The molecule has 0 atom stereocenters. The predicted molar refractivity (Wildman–Crippen MR) is 167 cm³/mol. The summed E-state index contributed by atoms with van der Waals surface area (Å²) < 4.78 is 15.5. The number of amides is 2. The monoisotopic (exact) mass is 610 g/mol. The molecule has 4 aromatic heterocycles. The lowest BCUT2D eigenvalue weighted by Gasteiger charge is -2.03. The van der Waals surface area contributed by atoms with Gasteiger partial charge < -0.3 is 24.2 Å². The van der Waals surface area contributed by atoms with Crippen molar-refractivity contribution < 1.29 is 23.2 Å². The van der Waals surface area contributed by atoms with Gasteiger partial charge in [-0.05, 0) is 37.1 Å². The maximum Gasteiger partial charge on any atom is 0.292 e. The zero-order valence-corrected chi connectivity index (χ0v) is 24.5. The van der Waals surface area contributed by atoms with Crippen LogP contribution in [-0.2, 0) is 4.74 Å². The molecule has 9 nitrogen and oxygen atoms in total. The molecule has 0 bridgehead atoms. The molecule has 1 saturated heterocycles. The Morgan fingerprint density at radius 3 is 1.40 bits per heavy atom. The fourth-order valence-corrected chi connectivity index (χ4v) is 6.22. The average Bonchev–Trinajstić information content (AvgIpc) is 3.88. The second-order valence-electron chi connectivity index (χ2n) is 9.31. The van der Waals surface area contributed by atoms with Crippen molar-refractivity contribution in [3.8, 4) is 32.5 Å². The predicted octanol–water partition coefficient (Wildman–Crippen LogP) is 8.09. The summed E-state index contributed by atoms with van der Waals surface area (Å²) in [6.45, 7) is 2.00. The van der Waals surface area contributed by atoms with E-state index in [0.29, 0.717) is 31.4 Å². The van der Waals surface area contributed by atoms with E-state index in [4.69, 9.17) is 23.5 Å². The number of ether oxygens (including phenoxy) is 1. The highest BCUT2D eigenvalue weighted by Gasteiger charge is 2.23. The number of hydrogen-bond acceptors (Lipinski definition) is 9. The summed E-state index contributed by atoms with van der Waals surface area (Å²) >= 11 is 2.60. The molecule has 6 aromatic rings. The van der Waals surface area contributed by atoms with Gasteiger partial charge in [-0.25, -0.2) is 9.97 Å². The van der Waals surface area contributed by atoms with Gasteiger partial charge in [-0.15, -0.1) is 0 Å². The van der Waals surface area contributed by atoms with E-state index in [-0.39, 0.29) is 23.3 Å². The highest BCUT2D eigenvalue weighted by Crippen LogP contribution is 2.43. The van der Waals surface area contributed by atoms with Crippen LogP contribution in [0.2, 0.25) is 0 Å². The Kier molecular flexibility index (Phi) is 8.83. The van der Waals surface area contributed by atoms with Crippen LogP contribution < -0.4 is 10.6 Å². The number of nitrogens with one attached hydrogen (secondary N) is 2. The molecule has 1 fully saturated rings. The Labute approximate surface area is 255 Å². The number of anilines is 2. The molecule has 2 amide bonds. The first kappa shape index (κ1) is 28.3. The van der Waals surface area contributed by atoms with E-state index >= 15 is 0 Å². The van der Waals surface area contributed by atoms with Gasteiger partial charge in [0.1, 0.15) is 21.4 Å². The number of carbonyl (C=O) groups is 2. The van der Waals surface area contributed by atoms with E-state index in [1.54, 1.807) is 24.3 Å². The van der Waals surface area contributed by atoms with Crippen molar-refractivity contribution in [3.05, 3.63) is 109 Å². The molecular weight excluding hydrogens is 585 g/mol. The Morgan fingerprint density at radius 1 is 0.605 bits per heavy atom. The topological polar surface area (TPSA) is 119 Å². The Hall–Kier alpha value is -4.84. The van der Waals surface area contributed by atoms with Crippen LogP contribution in [0.15, 0.2) is 106 Å². The SMILES string of the molecule is C1CCOC1.O=C(Nc1sc(-c2nc(-c3ccccc3)c(NC(=O)c3ccco3)s2)nc1-c1ccccc1)c1ccco1. The van der Waals surface area contributed by atoms with Gasteiger partial charge in [0.25, 0.3) is 11.8 Å². The van der Waals surface area contributed by atoms with Crippen LogP contribution in [0.25, 0.3) is 32.5 Å². The van der Waals surface area contributed by atoms with Gasteiger partial charge in [0.15, 0.2) is 21.5 Å². The maximum absolute atomic E-state index is 12.8. The van der Waals surface area contributed by atoms with Gasteiger partial charge in [-0.1, -0.05) is 83.3 Å². The number of furan rings is 2. The molecule has 7 rings (SSSR count). The van der Waals surface area contributed by atoms with Crippen molar-refractivity contribution >= 4 is 44.5 Å². The number of hydrogen-bond donors (Lipinski definition) is 2. The zero-order chi connectivity index (χ0) is 29.4. The second kappa shape index (κ2) is 13.4. The molecule has 2 N–H and O–H groups in total. The van der Waals surface area contributed by atoms with Gasteiger partial charge in [0, 0.05) is 24.3 Å². The normalized spacial score (nSPS) is 12.4. The molecule has 0 radical (unpaired) electrons. The summed E-state index contributed by atoms with van der Waals surface area (Å²) in [7, 11) is 0. The molecule has 1 aliphatic rings. The van der Waals surface area contributed by atoms with E-state index in [9.17, 15) is 9.59 Å². The molecule has 1 aliphatic heterocycles. The largest absolute Gasteiger partial charge is 0.459 e. The Bertz CT molecular complexity index is 1640. The number of benzene rings is 2. The van der Waals surface area contributed by atoms with E-state index in [1.807, 2.05) is 60.7 Å². The van der Waals surface area contributed by atoms with Crippen molar-refractivity contribution in [1.29, 1.82) is 0 Å². The van der Waals surface area contributed by atoms with Crippen LogP contribution in [0.3, 0.4) is 0 Å². The van der Waals surface area contributed by atoms with Crippen LogP contribution in [0.5, 0.6) is 0 Å². The van der Waals surface area contributed by atoms with Crippen molar-refractivity contribution in [3.63, 3.8) is 0 Å². The summed E-state index contributed by atoms with van der Waals surface area (Å²) in [4.78, 5) is 35.3. The highest BCUT2D eigenvalue weighted by atomic mass is 32.1. The summed E-state index contributed by atoms with van der Waals surface area (Å²) in [6.07, 6.45) is 5.45. The number of rotatable bonds is 7. The van der Waals surface area contributed by atoms with Crippen LogP contribution in [0.1, 0.15) is 34.0 Å². The fraction of sp³-hybridized carbons (Fsp3) is 0.125. The van der Waals surface area contributed by atoms with Crippen LogP contribution in [0.4, 0.5) is 10.0 Å². The smallest absolute Gasteiger partial charge is 0.292 e. The number of aromatic nitrogens is 2. The third-order valence-electron chi connectivity index (χ3n) is 6.30. The summed E-state index contributed by atoms with van der Waals surface area (Å²) in [6, 6.07) is 25.7. The van der Waals surface area contributed by atoms with Crippen molar-refractivity contribution in [1.82, 2.24) is 9.97 Å². The number of carbonyl (C=O) groups excluding carboxylic acids is 2. The zero-order valence-electron chi connectivity index (χ0n) is 22.8. The lowest BCUT2D eigenvalue weighted by Crippen LogP contribution is -2.10. The quantitative estimate of drug-likeness (QED) is 0.187. The molecule has 0 unspecified atom stereocenters. The molecular formula is C32H26N4O5S2. The van der Waals surface area contributed by atoms with Gasteiger partial charge >= 0.3 is 0 Å². The minimum atomic E-state index is -0.377. The average molecular weight is 611 g/mol. The van der Waals surface area contributed by atoms with Gasteiger partial charge in [0.2, 0.25) is 0 Å². The lowest BCUT2D eigenvalue weighted by atomic mass is 10.1. The summed E-state index contributed by atoms with van der Waals surface area (Å²) in [5.74, 6) is -0.360. The van der Waals surface area contributed by atoms with Gasteiger partial charge in [-0.2, -0.15) is 0 Å². The van der Waals surface area contributed by atoms with Crippen LogP contribution in [-0.4, -0.2) is 35.0 Å². The molecule has 0 saturated carbocycles. The van der Waals surface area contributed by atoms with Crippen LogP contribution in [0, 0.1) is 0 Å². The van der Waals surface area contributed by atoms with Crippen molar-refractivity contribution in [2.24, 2.45) is 0 Å². The molecule has 216 valence electrons. The third-order valence-corrected chi connectivity index (χ3v) is 8.39. The molecule has 2 aromatic carbocycles. The number of thiazole rings is 2. The first-order chi connectivity index (χ1) is 21.2. The summed E-state index contributed by atoms with van der Waals surface area (Å²) in [5, 5.41) is 8.16. The first-order valence-corrected chi connectivity index (χ1v) is 15.2. The van der Waals surface area contributed by atoms with E-state index in [0.717, 1.165) is 24.3 Å². The summed E-state index contributed by atoms with van der Waals surface area (Å²) in [5.41, 5.74) is 2.91. The Morgan fingerprint density at radius 2 is 1.05 bits per heavy atom. The van der Waals surface area contributed by atoms with E-state index in [1.165, 1.54) is 48.0 Å². The number of nitrogens with zero attached hydrogens (tertiary/aromatic N) is 2. The van der Waals surface area contributed by atoms with Crippen molar-refractivity contribution in [2.75, 3.05) is 23.8 Å². The highest BCUT2D eigenvalue weighted by molar-refractivity contribution is 7.25.